The molecule has 0 aliphatic rings. The van der Waals surface area contributed by atoms with Gasteiger partial charge in [0.2, 0.25) is 5.95 Å². The van der Waals surface area contributed by atoms with Gasteiger partial charge in [0.05, 0.1) is 13.3 Å². The van der Waals surface area contributed by atoms with Crippen molar-refractivity contribution in [2.75, 3.05) is 24.3 Å². The van der Waals surface area contributed by atoms with Crippen molar-refractivity contribution in [3.8, 4) is 5.75 Å². The van der Waals surface area contributed by atoms with Gasteiger partial charge in [-0.25, -0.2) is 0 Å². The number of aromatic nitrogens is 3. The number of ketones is 1. The number of ether oxygens (including phenoxy) is 1. The Balaban J connectivity index is 1.59. The third-order valence-corrected chi connectivity index (χ3v) is 3.99. The lowest BCUT2D eigenvalue weighted by atomic mass is 10.1. The molecule has 3 rings (SSSR count). The highest BCUT2D eigenvalue weighted by Gasteiger charge is 2.05. The topological polar surface area (TPSA) is 89.0 Å². The lowest BCUT2D eigenvalue weighted by Gasteiger charge is -2.10. The van der Waals surface area contributed by atoms with Crippen molar-refractivity contribution in [3.05, 3.63) is 65.9 Å². The van der Waals surface area contributed by atoms with Gasteiger partial charge in [0.25, 0.3) is 0 Å². The fourth-order valence-electron chi connectivity index (χ4n) is 2.59. The number of carbonyl (C=O) groups is 1. The first kappa shape index (κ1) is 18.3. The molecule has 0 saturated carbocycles. The summed E-state index contributed by atoms with van der Waals surface area (Å²) in [7, 11) is 1.66. The van der Waals surface area contributed by atoms with Crippen LogP contribution in [0.4, 0.5) is 17.5 Å². The van der Waals surface area contributed by atoms with Crippen molar-refractivity contribution in [3.63, 3.8) is 0 Å². The number of Topliss-reactive ketones (excluding diaryl/α,β-unsaturated/α-hetero) is 1. The molecule has 0 unspecified atom stereocenters. The summed E-state index contributed by atoms with van der Waals surface area (Å²) in [6.07, 6.45) is 2.32. The molecule has 2 aromatic carbocycles. The molecule has 0 saturated heterocycles. The fourth-order valence-corrected chi connectivity index (χ4v) is 2.59. The molecule has 1 heterocycles. The largest absolute Gasteiger partial charge is 0.496 e. The van der Waals surface area contributed by atoms with E-state index in [-0.39, 0.29) is 5.78 Å². The van der Waals surface area contributed by atoms with Crippen LogP contribution < -0.4 is 15.4 Å². The third-order valence-electron chi connectivity index (χ3n) is 3.99. The maximum atomic E-state index is 11.3. The van der Waals surface area contributed by atoms with Crippen LogP contribution in [-0.4, -0.2) is 34.6 Å². The molecule has 2 N–H and O–H groups in total. The van der Waals surface area contributed by atoms with Crippen molar-refractivity contribution in [2.45, 2.75) is 13.3 Å². The lowest BCUT2D eigenvalue weighted by Crippen LogP contribution is -2.10. The van der Waals surface area contributed by atoms with E-state index in [0.717, 1.165) is 23.4 Å². The molecule has 0 spiro atoms. The van der Waals surface area contributed by atoms with Gasteiger partial charge in [-0.2, -0.15) is 10.1 Å². The summed E-state index contributed by atoms with van der Waals surface area (Å²) in [5.41, 5.74) is 2.60. The number of para-hydroxylation sites is 1. The van der Waals surface area contributed by atoms with E-state index in [9.17, 15) is 4.79 Å². The minimum absolute atomic E-state index is 0.0341. The van der Waals surface area contributed by atoms with Gasteiger partial charge in [-0.1, -0.05) is 18.2 Å². The fraction of sp³-hybridized carbons (Fsp3) is 0.200. The van der Waals surface area contributed by atoms with E-state index in [1.807, 2.05) is 36.4 Å². The number of hydrogen-bond acceptors (Lipinski definition) is 7. The van der Waals surface area contributed by atoms with Crippen LogP contribution in [0.25, 0.3) is 0 Å². The van der Waals surface area contributed by atoms with Gasteiger partial charge >= 0.3 is 0 Å². The van der Waals surface area contributed by atoms with E-state index >= 15 is 0 Å². The second-order valence-corrected chi connectivity index (χ2v) is 5.91. The molecule has 3 aromatic rings. The van der Waals surface area contributed by atoms with E-state index in [1.165, 1.54) is 0 Å². The van der Waals surface area contributed by atoms with Crippen LogP contribution >= 0.6 is 0 Å². The summed E-state index contributed by atoms with van der Waals surface area (Å²) in [5, 5.41) is 14.3. The monoisotopic (exact) mass is 363 g/mol. The Morgan fingerprint density at radius 1 is 1.11 bits per heavy atom. The van der Waals surface area contributed by atoms with Crippen LogP contribution in [0.3, 0.4) is 0 Å². The average Bonchev–Trinajstić information content (AvgIpc) is 2.69. The van der Waals surface area contributed by atoms with E-state index in [1.54, 1.807) is 32.4 Å². The Kier molecular flexibility index (Phi) is 5.94. The van der Waals surface area contributed by atoms with Gasteiger partial charge in [0, 0.05) is 17.8 Å². The van der Waals surface area contributed by atoms with Crippen LogP contribution in [0.1, 0.15) is 22.8 Å². The van der Waals surface area contributed by atoms with E-state index in [4.69, 9.17) is 4.74 Å². The number of hydrogen-bond donors (Lipinski definition) is 2. The van der Waals surface area contributed by atoms with Crippen molar-refractivity contribution in [1.29, 1.82) is 0 Å². The van der Waals surface area contributed by atoms with Gasteiger partial charge in [-0.15, -0.1) is 5.10 Å². The molecule has 138 valence electrons. The first-order valence-electron chi connectivity index (χ1n) is 8.59. The zero-order valence-electron chi connectivity index (χ0n) is 15.3. The highest BCUT2D eigenvalue weighted by molar-refractivity contribution is 5.94. The van der Waals surface area contributed by atoms with Gasteiger partial charge in [0.15, 0.2) is 11.6 Å². The highest BCUT2D eigenvalue weighted by Crippen LogP contribution is 2.18. The van der Waals surface area contributed by atoms with Crippen molar-refractivity contribution >= 4 is 23.2 Å². The van der Waals surface area contributed by atoms with Gasteiger partial charge in [-0.3, -0.25) is 4.79 Å². The minimum Gasteiger partial charge on any atom is -0.496 e. The number of anilines is 3. The summed E-state index contributed by atoms with van der Waals surface area (Å²) < 4.78 is 5.35. The molecule has 7 nitrogen and oxygen atoms in total. The number of carbonyl (C=O) groups excluding carboxylic acids is 1. The molecule has 0 radical (unpaired) electrons. The van der Waals surface area contributed by atoms with Crippen molar-refractivity contribution in [2.24, 2.45) is 0 Å². The number of methoxy groups -OCH3 is 1. The molecule has 0 amide bonds. The molecule has 0 bridgehead atoms. The van der Waals surface area contributed by atoms with Crippen LogP contribution in [0.2, 0.25) is 0 Å². The molecular formula is C20H21N5O2. The lowest BCUT2D eigenvalue weighted by molar-refractivity contribution is 0.101. The van der Waals surface area contributed by atoms with Crippen molar-refractivity contribution < 1.29 is 9.53 Å². The zero-order valence-corrected chi connectivity index (χ0v) is 15.3. The third kappa shape index (κ3) is 5.01. The normalized spacial score (nSPS) is 10.3. The molecule has 0 atom stereocenters. The van der Waals surface area contributed by atoms with Gasteiger partial charge < -0.3 is 15.4 Å². The SMILES string of the molecule is COc1ccccc1CCNc1nncc(Nc2ccc(C(C)=O)cc2)n1. The maximum Gasteiger partial charge on any atom is 0.244 e. The molecular weight excluding hydrogens is 342 g/mol. The predicted molar refractivity (Wildman–Crippen MR) is 105 cm³/mol. The summed E-state index contributed by atoms with van der Waals surface area (Å²) in [6.45, 7) is 2.19. The first-order valence-corrected chi connectivity index (χ1v) is 8.59. The first-order chi connectivity index (χ1) is 13.2. The Morgan fingerprint density at radius 2 is 1.89 bits per heavy atom. The molecule has 0 aliphatic carbocycles. The Hall–Kier alpha value is -3.48. The number of nitrogens with one attached hydrogen (secondary N) is 2. The zero-order chi connectivity index (χ0) is 19.1. The summed E-state index contributed by atoms with van der Waals surface area (Å²) in [6, 6.07) is 15.1. The number of benzene rings is 2. The van der Waals surface area contributed by atoms with Crippen LogP contribution in [-0.2, 0) is 6.42 Å². The number of nitrogens with zero attached hydrogens (tertiary/aromatic N) is 3. The summed E-state index contributed by atoms with van der Waals surface area (Å²) in [5.74, 6) is 1.91. The average molecular weight is 363 g/mol. The van der Waals surface area contributed by atoms with Crippen LogP contribution in [0.15, 0.2) is 54.7 Å². The second-order valence-electron chi connectivity index (χ2n) is 5.91. The van der Waals surface area contributed by atoms with Gasteiger partial charge in [-0.05, 0) is 49.2 Å². The molecule has 0 fully saturated rings. The summed E-state index contributed by atoms with van der Waals surface area (Å²) >= 11 is 0. The van der Waals surface area contributed by atoms with Crippen LogP contribution in [0, 0.1) is 0 Å². The van der Waals surface area contributed by atoms with E-state index in [2.05, 4.69) is 25.8 Å². The molecule has 7 heteroatoms. The Morgan fingerprint density at radius 3 is 2.63 bits per heavy atom. The standard InChI is InChI=1S/C20H21N5O2/c1-14(26)15-7-9-17(10-8-15)23-19-13-22-25-20(24-19)21-12-11-16-5-3-4-6-18(16)27-2/h3-10,13H,11-12H2,1-2H3,(H2,21,23,24,25). The smallest absolute Gasteiger partial charge is 0.244 e. The van der Waals surface area contributed by atoms with Crippen LogP contribution in [0.5, 0.6) is 5.75 Å². The van der Waals surface area contributed by atoms with Crippen molar-refractivity contribution in [1.82, 2.24) is 15.2 Å². The molecule has 0 aliphatic heterocycles. The minimum atomic E-state index is 0.0341. The quantitative estimate of drug-likeness (QED) is 0.592. The Labute approximate surface area is 157 Å². The molecule has 1 aromatic heterocycles. The highest BCUT2D eigenvalue weighted by atomic mass is 16.5. The number of rotatable bonds is 8. The second kappa shape index (κ2) is 8.75. The summed E-state index contributed by atoms with van der Waals surface area (Å²) in [4.78, 5) is 15.7. The molecule has 27 heavy (non-hydrogen) atoms. The van der Waals surface area contributed by atoms with Gasteiger partial charge in [0.1, 0.15) is 5.75 Å². The predicted octanol–water partition coefficient (Wildman–Crippen LogP) is 3.48. The Bertz CT molecular complexity index is 912. The van der Waals surface area contributed by atoms with E-state index in [0.29, 0.717) is 23.9 Å². The van der Waals surface area contributed by atoms with E-state index < -0.39 is 0 Å². The maximum absolute atomic E-state index is 11.3.